The average molecular weight is 395 g/mol. The minimum absolute atomic E-state index is 0.126. The predicted octanol–water partition coefficient (Wildman–Crippen LogP) is 5.31. The number of rotatable bonds is 7. The summed E-state index contributed by atoms with van der Waals surface area (Å²) in [6.45, 7) is 0. The molecule has 0 radical (unpaired) electrons. The summed E-state index contributed by atoms with van der Waals surface area (Å²) in [5.74, 6) is 0.473. The third kappa shape index (κ3) is 5.08. The van der Waals surface area contributed by atoms with Gasteiger partial charge < -0.3 is 10.1 Å². The molecule has 148 valence electrons. The van der Waals surface area contributed by atoms with Crippen molar-refractivity contribution < 1.29 is 9.53 Å². The molecule has 1 heterocycles. The van der Waals surface area contributed by atoms with Crippen molar-refractivity contribution in [3.05, 3.63) is 114 Å². The summed E-state index contributed by atoms with van der Waals surface area (Å²) >= 11 is 0. The molecular weight excluding hydrogens is 374 g/mol. The Hall–Kier alpha value is -3.99. The van der Waals surface area contributed by atoms with Crippen molar-refractivity contribution in [2.75, 3.05) is 5.32 Å². The van der Waals surface area contributed by atoms with Gasteiger partial charge >= 0.3 is 6.01 Å². The number of nitrogens with one attached hydrogen (secondary N) is 1. The monoisotopic (exact) mass is 395 g/mol. The van der Waals surface area contributed by atoms with Gasteiger partial charge in [-0.15, -0.1) is 0 Å². The Morgan fingerprint density at radius 1 is 0.767 bits per heavy atom. The van der Waals surface area contributed by atoms with Gasteiger partial charge in [0.2, 0.25) is 0 Å². The Kier molecular flexibility index (Phi) is 6.11. The van der Waals surface area contributed by atoms with E-state index in [2.05, 4.69) is 27.4 Å². The van der Waals surface area contributed by atoms with Gasteiger partial charge in [0.1, 0.15) is 5.75 Å². The van der Waals surface area contributed by atoms with Crippen LogP contribution >= 0.6 is 0 Å². The summed E-state index contributed by atoms with van der Waals surface area (Å²) in [4.78, 5) is 20.9. The van der Waals surface area contributed by atoms with Crippen molar-refractivity contribution in [2.45, 2.75) is 12.8 Å². The molecule has 0 aliphatic carbocycles. The zero-order valence-electron chi connectivity index (χ0n) is 16.4. The van der Waals surface area contributed by atoms with Gasteiger partial charge in [-0.05, 0) is 60.4 Å². The Balaban J connectivity index is 1.41. The maximum atomic E-state index is 12.9. The number of carbonyl (C=O) groups excluding carboxylic acids is 1. The van der Waals surface area contributed by atoms with Gasteiger partial charge in [-0.1, -0.05) is 48.5 Å². The predicted molar refractivity (Wildman–Crippen MR) is 117 cm³/mol. The number of aryl methyl sites for hydroxylation is 2. The fourth-order valence-electron chi connectivity index (χ4n) is 3.13. The van der Waals surface area contributed by atoms with Crippen LogP contribution in [0.15, 0.2) is 97.3 Å². The van der Waals surface area contributed by atoms with Crippen LogP contribution in [0.25, 0.3) is 0 Å². The van der Waals surface area contributed by atoms with E-state index < -0.39 is 0 Å². The fraction of sp³-hybridized carbons (Fsp3) is 0.0800. The van der Waals surface area contributed by atoms with Crippen molar-refractivity contribution in [1.29, 1.82) is 0 Å². The van der Waals surface area contributed by atoms with E-state index >= 15 is 0 Å². The van der Waals surface area contributed by atoms with Crippen LogP contribution in [0.3, 0.4) is 0 Å². The first-order chi connectivity index (χ1) is 14.8. The first-order valence-electron chi connectivity index (χ1n) is 9.76. The molecule has 4 aromatic rings. The zero-order valence-corrected chi connectivity index (χ0v) is 16.4. The second-order valence-corrected chi connectivity index (χ2v) is 6.75. The van der Waals surface area contributed by atoms with E-state index in [-0.39, 0.29) is 11.9 Å². The highest BCUT2D eigenvalue weighted by Crippen LogP contribution is 2.21. The Bertz CT molecular complexity index is 1100. The molecule has 0 unspecified atom stereocenters. The van der Waals surface area contributed by atoms with Crippen molar-refractivity contribution in [1.82, 2.24) is 9.97 Å². The molecule has 0 aliphatic rings. The highest BCUT2D eigenvalue weighted by molar-refractivity contribution is 6.05. The molecule has 0 saturated carbocycles. The number of nitrogens with zero attached hydrogens (tertiary/aromatic N) is 2. The molecule has 1 amide bonds. The molecule has 1 aromatic heterocycles. The largest absolute Gasteiger partial charge is 0.424 e. The second kappa shape index (κ2) is 9.47. The van der Waals surface area contributed by atoms with Crippen LogP contribution in [0.4, 0.5) is 5.69 Å². The van der Waals surface area contributed by atoms with Gasteiger partial charge in [-0.25, -0.2) is 9.97 Å². The normalized spacial score (nSPS) is 10.4. The number of ether oxygens (including phenoxy) is 1. The molecule has 0 saturated heterocycles. The lowest BCUT2D eigenvalue weighted by molar-refractivity contribution is 0.102. The van der Waals surface area contributed by atoms with E-state index in [0.717, 1.165) is 18.4 Å². The smallest absolute Gasteiger partial charge is 0.321 e. The lowest BCUT2D eigenvalue weighted by Crippen LogP contribution is -2.14. The maximum absolute atomic E-state index is 12.9. The van der Waals surface area contributed by atoms with E-state index in [0.29, 0.717) is 17.0 Å². The molecule has 0 bridgehead atoms. The fourth-order valence-corrected chi connectivity index (χ4v) is 3.13. The Labute approximate surface area is 175 Å². The summed E-state index contributed by atoms with van der Waals surface area (Å²) in [7, 11) is 0. The van der Waals surface area contributed by atoms with Crippen LogP contribution in [-0.4, -0.2) is 15.9 Å². The summed E-state index contributed by atoms with van der Waals surface area (Å²) < 4.78 is 5.58. The van der Waals surface area contributed by atoms with E-state index in [4.69, 9.17) is 4.74 Å². The van der Waals surface area contributed by atoms with Crippen LogP contribution in [0, 0.1) is 0 Å². The van der Waals surface area contributed by atoms with Crippen LogP contribution in [0.1, 0.15) is 21.5 Å². The van der Waals surface area contributed by atoms with Gasteiger partial charge in [0.05, 0.1) is 0 Å². The SMILES string of the molecule is O=C(Nc1ccc(Oc2ncccn2)cc1)c1ccccc1CCc1ccccc1. The summed E-state index contributed by atoms with van der Waals surface area (Å²) in [6.07, 6.45) is 4.93. The molecule has 0 fully saturated rings. The number of aromatic nitrogens is 2. The third-order valence-electron chi connectivity index (χ3n) is 4.65. The van der Waals surface area contributed by atoms with Crippen molar-refractivity contribution in [2.24, 2.45) is 0 Å². The highest BCUT2D eigenvalue weighted by Gasteiger charge is 2.11. The van der Waals surface area contributed by atoms with Gasteiger partial charge in [0.25, 0.3) is 5.91 Å². The van der Waals surface area contributed by atoms with Gasteiger partial charge in [-0.2, -0.15) is 0 Å². The van der Waals surface area contributed by atoms with Crippen LogP contribution in [0.2, 0.25) is 0 Å². The third-order valence-corrected chi connectivity index (χ3v) is 4.65. The van der Waals surface area contributed by atoms with Crippen molar-refractivity contribution in [3.63, 3.8) is 0 Å². The Morgan fingerprint density at radius 2 is 1.47 bits per heavy atom. The number of hydrogen-bond acceptors (Lipinski definition) is 4. The summed E-state index contributed by atoms with van der Waals surface area (Å²) in [6, 6.07) is 27.1. The van der Waals surface area contributed by atoms with E-state index in [1.165, 1.54) is 5.56 Å². The summed E-state index contributed by atoms with van der Waals surface area (Å²) in [5.41, 5.74) is 3.66. The molecule has 5 nitrogen and oxygen atoms in total. The standard InChI is InChI=1S/C25H21N3O2/c29-24(23-10-5-4-9-20(23)12-11-19-7-2-1-3-8-19)28-21-13-15-22(16-14-21)30-25-26-17-6-18-27-25/h1-10,13-18H,11-12H2,(H,28,29). The number of anilines is 1. The second-order valence-electron chi connectivity index (χ2n) is 6.75. The number of benzene rings is 3. The Morgan fingerprint density at radius 3 is 2.23 bits per heavy atom. The van der Waals surface area contributed by atoms with E-state index in [1.807, 2.05) is 42.5 Å². The molecule has 0 spiro atoms. The average Bonchev–Trinajstić information content (AvgIpc) is 2.80. The van der Waals surface area contributed by atoms with Crippen molar-refractivity contribution in [3.8, 4) is 11.8 Å². The first-order valence-corrected chi connectivity index (χ1v) is 9.76. The minimum atomic E-state index is -0.126. The number of amides is 1. The lowest BCUT2D eigenvalue weighted by atomic mass is 9.99. The minimum Gasteiger partial charge on any atom is -0.424 e. The lowest BCUT2D eigenvalue weighted by Gasteiger charge is -2.11. The van der Waals surface area contributed by atoms with Crippen molar-refractivity contribution >= 4 is 11.6 Å². The van der Waals surface area contributed by atoms with Gasteiger partial charge in [-0.3, -0.25) is 4.79 Å². The van der Waals surface area contributed by atoms with E-state index in [1.54, 1.807) is 42.7 Å². The van der Waals surface area contributed by atoms with Crippen LogP contribution in [0.5, 0.6) is 11.8 Å². The maximum Gasteiger partial charge on any atom is 0.321 e. The van der Waals surface area contributed by atoms with Crippen LogP contribution < -0.4 is 10.1 Å². The number of carbonyl (C=O) groups is 1. The van der Waals surface area contributed by atoms with Crippen LogP contribution in [-0.2, 0) is 12.8 Å². The zero-order chi connectivity index (χ0) is 20.6. The highest BCUT2D eigenvalue weighted by atomic mass is 16.5. The molecule has 1 N–H and O–H groups in total. The molecule has 0 atom stereocenters. The quantitative estimate of drug-likeness (QED) is 0.461. The molecule has 3 aromatic carbocycles. The van der Waals surface area contributed by atoms with Gasteiger partial charge in [0, 0.05) is 23.6 Å². The molecule has 4 rings (SSSR count). The summed E-state index contributed by atoms with van der Waals surface area (Å²) in [5, 5.41) is 2.96. The molecule has 30 heavy (non-hydrogen) atoms. The number of hydrogen-bond donors (Lipinski definition) is 1. The first kappa shape index (κ1) is 19.3. The van der Waals surface area contributed by atoms with E-state index in [9.17, 15) is 4.79 Å². The molecule has 5 heteroatoms. The molecular formula is C25H21N3O2. The molecule has 0 aliphatic heterocycles. The van der Waals surface area contributed by atoms with Gasteiger partial charge in [0.15, 0.2) is 0 Å². The topological polar surface area (TPSA) is 64.1 Å².